The second kappa shape index (κ2) is 7.97. The number of hydroxylamine groups is 2. The van der Waals surface area contributed by atoms with E-state index in [0.29, 0.717) is 6.54 Å². The number of carbonyl (C=O) groups is 2. The summed E-state index contributed by atoms with van der Waals surface area (Å²) in [6, 6.07) is 9.76. The Labute approximate surface area is 148 Å². The van der Waals surface area contributed by atoms with Crippen LogP contribution in [0.25, 0.3) is 0 Å². The normalized spacial score (nSPS) is 26.9. The Morgan fingerprint density at radius 3 is 2.56 bits per heavy atom. The second-order valence-electron chi connectivity index (χ2n) is 6.56. The molecule has 1 aromatic carbocycles. The van der Waals surface area contributed by atoms with Gasteiger partial charge in [0.15, 0.2) is 0 Å². The minimum absolute atomic E-state index is 0.182. The van der Waals surface area contributed by atoms with Gasteiger partial charge in [0.05, 0.1) is 24.6 Å². The largest absolute Gasteiger partial charge is 0.447 e. The smallest absolute Gasteiger partial charge is 0.416 e. The molecule has 0 saturated carbocycles. The molecule has 6 nitrogen and oxygen atoms in total. The molecule has 0 spiro atoms. The van der Waals surface area contributed by atoms with Gasteiger partial charge in [-0.15, -0.1) is 0 Å². The van der Waals surface area contributed by atoms with E-state index < -0.39 is 12.0 Å². The highest BCUT2D eigenvalue weighted by Crippen LogP contribution is 2.42. The molecule has 2 aliphatic rings. The number of benzene rings is 1. The van der Waals surface area contributed by atoms with Crippen molar-refractivity contribution in [1.82, 2.24) is 9.96 Å². The fourth-order valence-electron chi connectivity index (χ4n) is 3.71. The Hall–Kier alpha value is -1.92. The van der Waals surface area contributed by atoms with Gasteiger partial charge < -0.3 is 4.74 Å². The number of amides is 2. The van der Waals surface area contributed by atoms with Gasteiger partial charge in [-0.05, 0) is 18.4 Å². The maximum Gasteiger partial charge on any atom is 0.416 e. The lowest BCUT2D eigenvalue weighted by Crippen LogP contribution is -2.42. The summed E-state index contributed by atoms with van der Waals surface area (Å²) in [7, 11) is 0. The number of imide groups is 1. The maximum absolute atomic E-state index is 13.2. The van der Waals surface area contributed by atoms with E-state index in [4.69, 9.17) is 9.57 Å². The number of carbonyl (C=O) groups excluding carboxylic acids is 2. The van der Waals surface area contributed by atoms with Gasteiger partial charge in [-0.1, -0.05) is 50.6 Å². The number of rotatable bonds is 6. The molecule has 3 atom stereocenters. The van der Waals surface area contributed by atoms with Gasteiger partial charge in [-0.25, -0.2) is 9.69 Å². The highest BCUT2D eigenvalue weighted by molar-refractivity contribution is 5.95. The molecule has 1 aromatic rings. The SMILES string of the molecule is CCC[C@@H]1ON(CCC)[C@H](c2ccccc2)[C@H]1C(=O)N1CCOC1=O. The fourth-order valence-corrected chi connectivity index (χ4v) is 3.71. The summed E-state index contributed by atoms with van der Waals surface area (Å²) in [5.74, 6) is -0.590. The molecule has 2 fully saturated rings. The summed E-state index contributed by atoms with van der Waals surface area (Å²) >= 11 is 0. The zero-order valence-electron chi connectivity index (χ0n) is 14.9. The Morgan fingerprint density at radius 2 is 1.96 bits per heavy atom. The van der Waals surface area contributed by atoms with Gasteiger partial charge in [0, 0.05) is 6.54 Å². The molecule has 3 rings (SSSR count). The molecule has 0 unspecified atom stereocenters. The minimum Gasteiger partial charge on any atom is -0.447 e. The van der Waals surface area contributed by atoms with E-state index in [2.05, 4.69) is 13.8 Å². The van der Waals surface area contributed by atoms with E-state index in [1.165, 1.54) is 4.90 Å². The van der Waals surface area contributed by atoms with Gasteiger partial charge in [0.2, 0.25) is 5.91 Å². The van der Waals surface area contributed by atoms with Crippen molar-refractivity contribution in [1.29, 1.82) is 0 Å². The quantitative estimate of drug-likeness (QED) is 0.792. The standard InChI is InChI=1S/C19H26N2O4/c1-3-8-15-16(18(22)20-12-13-24-19(20)23)17(21(25-15)11-4-2)14-9-6-5-7-10-14/h5-7,9-10,15-17H,3-4,8,11-13H2,1-2H3/t15-,16-,17+/m0/s1. The molecule has 0 aliphatic carbocycles. The van der Waals surface area contributed by atoms with E-state index in [1.807, 2.05) is 35.4 Å². The Balaban J connectivity index is 1.95. The van der Waals surface area contributed by atoms with Crippen molar-refractivity contribution in [2.24, 2.45) is 5.92 Å². The van der Waals surface area contributed by atoms with Gasteiger partial charge >= 0.3 is 6.09 Å². The first-order valence-electron chi connectivity index (χ1n) is 9.13. The van der Waals surface area contributed by atoms with Crippen molar-refractivity contribution < 1.29 is 19.2 Å². The monoisotopic (exact) mass is 346 g/mol. The van der Waals surface area contributed by atoms with E-state index in [-0.39, 0.29) is 24.7 Å². The fraction of sp³-hybridized carbons (Fsp3) is 0.579. The van der Waals surface area contributed by atoms with Crippen LogP contribution in [0.5, 0.6) is 0 Å². The van der Waals surface area contributed by atoms with E-state index in [0.717, 1.165) is 31.4 Å². The molecule has 0 N–H and O–H groups in total. The predicted octanol–water partition coefficient (Wildman–Crippen LogP) is 3.15. The van der Waals surface area contributed by atoms with Crippen LogP contribution in [-0.2, 0) is 14.4 Å². The average Bonchev–Trinajstić information content (AvgIpc) is 3.20. The van der Waals surface area contributed by atoms with Crippen molar-refractivity contribution in [3.63, 3.8) is 0 Å². The summed E-state index contributed by atoms with van der Waals surface area (Å²) in [6.07, 6.45) is 1.86. The number of hydrogen-bond donors (Lipinski definition) is 0. The number of nitrogens with zero attached hydrogens (tertiary/aromatic N) is 2. The minimum atomic E-state index is -0.541. The molecule has 25 heavy (non-hydrogen) atoms. The van der Waals surface area contributed by atoms with Crippen LogP contribution < -0.4 is 0 Å². The van der Waals surface area contributed by atoms with Crippen LogP contribution in [0, 0.1) is 5.92 Å². The van der Waals surface area contributed by atoms with Crippen LogP contribution in [-0.4, -0.2) is 47.8 Å². The molecule has 2 heterocycles. The first kappa shape index (κ1) is 17.9. The predicted molar refractivity (Wildman–Crippen MR) is 92.5 cm³/mol. The topological polar surface area (TPSA) is 59.1 Å². The zero-order valence-corrected chi connectivity index (χ0v) is 14.9. The lowest BCUT2D eigenvalue weighted by atomic mass is 9.86. The van der Waals surface area contributed by atoms with Crippen LogP contribution in [0.15, 0.2) is 30.3 Å². The second-order valence-corrected chi connectivity index (χ2v) is 6.56. The van der Waals surface area contributed by atoms with Crippen molar-refractivity contribution >= 4 is 12.0 Å². The zero-order chi connectivity index (χ0) is 17.8. The highest BCUT2D eigenvalue weighted by Gasteiger charge is 2.50. The van der Waals surface area contributed by atoms with E-state index >= 15 is 0 Å². The van der Waals surface area contributed by atoms with E-state index in [9.17, 15) is 9.59 Å². The Kier molecular flexibility index (Phi) is 5.71. The third-order valence-corrected chi connectivity index (χ3v) is 4.79. The third-order valence-electron chi connectivity index (χ3n) is 4.79. The van der Waals surface area contributed by atoms with Crippen molar-refractivity contribution in [2.75, 3.05) is 19.7 Å². The molecule has 2 saturated heterocycles. The first-order valence-corrected chi connectivity index (χ1v) is 9.13. The Morgan fingerprint density at radius 1 is 1.20 bits per heavy atom. The summed E-state index contributed by atoms with van der Waals surface area (Å²) in [4.78, 5) is 32.5. The summed E-state index contributed by atoms with van der Waals surface area (Å²) in [5, 5.41) is 1.93. The van der Waals surface area contributed by atoms with Crippen LogP contribution >= 0.6 is 0 Å². The van der Waals surface area contributed by atoms with Gasteiger partial charge in [-0.2, -0.15) is 5.06 Å². The van der Waals surface area contributed by atoms with Crippen LogP contribution in [0.1, 0.15) is 44.7 Å². The van der Waals surface area contributed by atoms with Crippen LogP contribution in [0.3, 0.4) is 0 Å². The van der Waals surface area contributed by atoms with Crippen LogP contribution in [0.4, 0.5) is 4.79 Å². The van der Waals surface area contributed by atoms with Crippen molar-refractivity contribution in [2.45, 2.75) is 45.3 Å². The number of hydrogen-bond acceptors (Lipinski definition) is 5. The molecule has 2 aliphatic heterocycles. The molecule has 2 amide bonds. The molecule has 0 radical (unpaired) electrons. The maximum atomic E-state index is 13.2. The van der Waals surface area contributed by atoms with Gasteiger partial charge in [0.25, 0.3) is 0 Å². The van der Waals surface area contributed by atoms with E-state index in [1.54, 1.807) is 0 Å². The summed E-state index contributed by atoms with van der Waals surface area (Å²) in [5.41, 5.74) is 1.04. The lowest BCUT2D eigenvalue weighted by molar-refractivity contribution is -0.165. The summed E-state index contributed by atoms with van der Waals surface area (Å²) < 4.78 is 4.97. The molecular weight excluding hydrogens is 320 g/mol. The molecule has 0 bridgehead atoms. The molecule has 6 heteroatoms. The van der Waals surface area contributed by atoms with Gasteiger partial charge in [-0.3, -0.25) is 9.63 Å². The van der Waals surface area contributed by atoms with Crippen molar-refractivity contribution in [3.05, 3.63) is 35.9 Å². The van der Waals surface area contributed by atoms with Crippen molar-refractivity contribution in [3.8, 4) is 0 Å². The molecular formula is C19H26N2O4. The van der Waals surface area contributed by atoms with Gasteiger partial charge in [0.1, 0.15) is 6.61 Å². The Bertz CT molecular complexity index is 607. The lowest BCUT2D eigenvalue weighted by Gasteiger charge is -2.27. The third kappa shape index (κ3) is 3.55. The van der Waals surface area contributed by atoms with Crippen LogP contribution in [0.2, 0.25) is 0 Å². The number of ether oxygens (including phenoxy) is 1. The highest BCUT2D eigenvalue weighted by atomic mass is 16.7. The summed E-state index contributed by atoms with van der Waals surface area (Å²) in [6.45, 7) is 5.50. The number of cyclic esters (lactones) is 1. The first-order chi connectivity index (χ1) is 12.2. The average molecular weight is 346 g/mol. The molecule has 0 aromatic heterocycles. The molecule has 136 valence electrons.